The van der Waals surface area contributed by atoms with Crippen molar-refractivity contribution in [3.05, 3.63) is 52.4 Å². The predicted molar refractivity (Wildman–Crippen MR) is 87.1 cm³/mol. The fourth-order valence-corrected chi connectivity index (χ4v) is 3.33. The summed E-state index contributed by atoms with van der Waals surface area (Å²) in [5, 5.41) is 10.8. The molecule has 114 valence electrons. The summed E-state index contributed by atoms with van der Waals surface area (Å²) in [5.41, 5.74) is 6.40. The Hall–Kier alpha value is -2.93. The van der Waals surface area contributed by atoms with E-state index in [2.05, 4.69) is 4.98 Å². The van der Waals surface area contributed by atoms with E-state index in [9.17, 15) is 14.3 Å². The highest BCUT2D eigenvalue weighted by molar-refractivity contribution is 7.23. The van der Waals surface area contributed by atoms with Crippen molar-refractivity contribution in [3.8, 4) is 17.1 Å². The molecule has 0 bridgehead atoms. The SMILES string of the molecule is Nc1nc2ccc3oc(-c4ccc(F)cc4)c(O)c(=O)c3c2s1. The highest BCUT2D eigenvalue weighted by atomic mass is 32.1. The van der Waals surface area contributed by atoms with E-state index in [1.807, 2.05) is 0 Å². The molecule has 0 radical (unpaired) electrons. The molecule has 23 heavy (non-hydrogen) atoms. The number of nitrogens with zero attached hydrogens (tertiary/aromatic N) is 1. The summed E-state index contributed by atoms with van der Waals surface area (Å²) in [4.78, 5) is 16.7. The lowest BCUT2D eigenvalue weighted by Crippen LogP contribution is -2.02. The van der Waals surface area contributed by atoms with Gasteiger partial charge in [0.15, 0.2) is 10.9 Å². The zero-order valence-corrected chi connectivity index (χ0v) is 12.4. The summed E-state index contributed by atoms with van der Waals surface area (Å²) < 4.78 is 19.3. The van der Waals surface area contributed by atoms with Crippen molar-refractivity contribution in [2.45, 2.75) is 0 Å². The molecule has 2 heterocycles. The van der Waals surface area contributed by atoms with Crippen molar-refractivity contribution in [1.82, 2.24) is 4.98 Å². The number of benzene rings is 2. The van der Waals surface area contributed by atoms with Crippen LogP contribution in [0.15, 0.2) is 45.6 Å². The molecular formula is C16H9FN2O3S. The van der Waals surface area contributed by atoms with Gasteiger partial charge in [0, 0.05) is 5.56 Å². The van der Waals surface area contributed by atoms with Gasteiger partial charge in [-0.15, -0.1) is 0 Å². The van der Waals surface area contributed by atoms with Crippen LogP contribution in [0, 0.1) is 5.82 Å². The zero-order valence-electron chi connectivity index (χ0n) is 11.5. The van der Waals surface area contributed by atoms with Crippen LogP contribution in [0.3, 0.4) is 0 Å². The van der Waals surface area contributed by atoms with Gasteiger partial charge in [-0.25, -0.2) is 9.37 Å². The van der Waals surface area contributed by atoms with Crippen molar-refractivity contribution in [2.24, 2.45) is 0 Å². The molecule has 0 aliphatic carbocycles. The molecule has 4 aromatic rings. The molecule has 0 saturated heterocycles. The van der Waals surface area contributed by atoms with Gasteiger partial charge in [-0.3, -0.25) is 4.79 Å². The maximum atomic E-state index is 13.0. The van der Waals surface area contributed by atoms with Crippen molar-refractivity contribution in [1.29, 1.82) is 0 Å². The van der Waals surface area contributed by atoms with Crippen LogP contribution in [-0.4, -0.2) is 10.1 Å². The van der Waals surface area contributed by atoms with E-state index < -0.39 is 17.0 Å². The Kier molecular flexibility index (Phi) is 2.85. The first-order valence-electron chi connectivity index (χ1n) is 6.65. The molecule has 2 aromatic carbocycles. The molecule has 0 fully saturated rings. The maximum absolute atomic E-state index is 13.0. The number of nitrogens with two attached hydrogens (primary N) is 1. The maximum Gasteiger partial charge on any atom is 0.236 e. The average Bonchev–Trinajstić information content (AvgIpc) is 2.91. The lowest BCUT2D eigenvalue weighted by atomic mass is 10.1. The summed E-state index contributed by atoms with van der Waals surface area (Å²) in [5.74, 6) is -0.943. The topological polar surface area (TPSA) is 89.3 Å². The van der Waals surface area contributed by atoms with Crippen LogP contribution >= 0.6 is 11.3 Å². The highest BCUT2D eigenvalue weighted by Crippen LogP contribution is 2.35. The number of nitrogen functional groups attached to an aromatic ring is 1. The predicted octanol–water partition coefficient (Wildman–Crippen LogP) is 3.50. The molecule has 2 aromatic heterocycles. The van der Waals surface area contributed by atoms with Gasteiger partial charge in [-0.1, -0.05) is 11.3 Å². The van der Waals surface area contributed by atoms with Gasteiger partial charge in [0.05, 0.1) is 15.6 Å². The van der Waals surface area contributed by atoms with E-state index in [0.29, 0.717) is 26.5 Å². The molecule has 0 aliphatic rings. The molecular weight excluding hydrogens is 319 g/mol. The first kappa shape index (κ1) is 13.7. The van der Waals surface area contributed by atoms with E-state index in [0.717, 1.165) is 11.3 Å². The van der Waals surface area contributed by atoms with Gasteiger partial charge >= 0.3 is 0 Å². The van der Waals surface area contributed by atoms with Crippen LogP contribution < -0.4 is 11.2 Å². The highest BCUT2D eigenvalue weighted by Gasteiger charge is 2.18. The molecule has 7 heteroatoms. The number of anilines is 1. The van der Waals surface area contributed by atoms with Gasteiger partial charge in [0.1, 0.15) is 11.4 Å². The molecule has 0 saturated carbocycles. The summed E-state index contributed by atoms with van der Waals surface area (Å²) >= 11 is 1.15. The van der Waals surface area contributed by atoms with E-state index >= 15 is 0 Å². The number of hydrogen-bond donors (Lipinski definition) is 2. The Morgan fingerprint density at radius 2 is 1.91 bits per heavy atom. The van der Waals surface area contributed by atoms with Crippen LogP contribution in [0.2, 0.25) is 0 Å². The van der Waals surface area contributed by atoms with E-state index in [4.69, 9.17) is 10.2 Å². The molecule has 5 nitrogen and oxygen atoms in total. The third-order valence-corrected chi connectivity index (χ3v) is 4.43. The number of aromatic nitrogens is 1. The third kappa shape index (κ3) is 2.05. The fourth-order valence-electron chi connectivity index (χ4n) is 2.47. The molecule has 0 spiro atoms. The van der Waals surface area contributed by atoms with E-state index in [1.54, 1.807) is 12.1 Å². The minimum absolute atomic E-state index is 0.000614. The smallest absolute Gasteiger partial charge is 0.236 e. The zero-order chi connectivity index (χ0) is 16.1. The van der Waals surface area contributed by atoms with Crippen LogP contribution in [0.4, 0.5) is 9.52 Å². The minimum Gasteiger partial charge on any atom is -0.502 e. The van der Waals surface area contributed by atoms with Gasteiger partial charge < -0.3 is 15.3 Å². The molecule has 3 N–H and O–H groups in total. The Morgan fingerprint density at radius 3 is 2.65 bits per heavy atom. The Bertz CT molecular complexity index is 1120. The molecule has 4 rings (SSSR count). The first-order valence-corrected chi connectivity index (χ1v) is 7.47. The number of fused-ring (bicyclic) bond motifs is 3. The summed E-state index contributed by atoms with van der Waals surface area (Å²) in [6.45, 7) is 0. The second-order valence-electron chi connectivity index (χ2n) is 4.95. The van der Waals surface area contributed by atoms with Gasteiger partial charge in [0.2, 0.25) is 11.2 Å². The number of rotatable bonds is 1. The Balaban J connectivity index is 2.09. The van der Waals surface area contributed by atoms with Crippen LogP contribution in [0.1, 0.15) is 0 Å². The Morgan fingerprint density at radius 1 is 1.17 bits per heavy atom. The summed E-state index contributed by atoms with van der Waals surface area (Å²) in [6, 6.07) is 8.62. The van der Waals surface area contributed by atoms with Gasteiger partial charge in [-0.05, 0) is 36.4 Å². The molecule has 0 atom stereocenters. The summed E-state index contributed by atoms with van der Waals surface area (Å²) in [6.07, 6.45) is 0. The van der Waals surface area contributed by atoms with E-state index in [1.165, 1.54) is 24.3 Å². The largest absolute Gasteiger partial charge is 0.502 e. The monoisotopic (exact) mass is 328 g/mol. The van der Waals surface area contributed by atoms with Gasteiger partial charge in [0.25, 0.3) is 0 Å². The van der Waals surface area contributed by atoms with Crippen molar-refractivity contribution in [3.63, 3.8) is 0 Å². The quantitative estimate of drug-likeness (QED) is 0.558. The second kappa shape index (κ2) is 4.79. The average molecular weight is 328 g/mol. The number of hydrogen-bond acceptors (Lipinski definition) is 6. The minimum atomic E-state index is -0.570. The number of thiazole rings is 1. The van der Waals surface area contributed by atoms with Crippen molar-refractivity contribution in [2.75, 3.05) is 5.73 Å². The third-order valence-electron chi connectivity index (χ3n) is 3.51. The fraction of sp³-hybridized carbons (Fsp3) is 0. The lowest BCUT2D eigenvalue weighted by molar-refractivity contribution is 0.449. The summed E-state index contributed by atoms with van der Waals surface area (Å²) in [7, 11) is 0. The van der Waals surface area contributed by atoms with Crippen LogP contribution in [0.25, 0.3) is 32.5 Å². The standard InChI is InChI=1S/C16H9FN2O3S/c17-8-3-1-7(2-4-8)14-13(21)12(20)11-10(22-14)6-5-9-15(11)23-16(18)19-9/h1-6,21H,(H2,18,19). The number of halogens is 1. The first-order chi connectivity index (χ1) is 11.0. The van der Waals surface area contributed by atoms with Crippen molar-refractivity contribution < 1.29 is 13.9 Å². The van der Waals surface area contributed by atoms with Crippen LogP contribution in [-0.2, 0) is 0 Å². The second-order valence-corrected chi connectivity index (χ2v) is 5.99. The Labute approximate surface area is 132 Å². The van der Waals surface area contributed by atoms with Gasteiger partial charge in [-0.2, -0.15) is 0 Å². The lowest BCUT2D eigenvalue weighted by Gasteiger charge is -2.06. The number of aromatic hydroxyl groups is 1. The molecule has 0 unspecified atom stereocenters. The van der Waals surface area contributed by atoms with Crippen LogP contribution in [0.5, 0.6) is 5.75 Å². The normalized spacial score (nSPS) is 11.3. The van der Waals surface area contributed by atoms with E-state index in [-0.39, 0.29) is 11.1 Å². The molecule has 0 aliphatic heterocycles. The molecule has 0 amide bonds. The van der Waals surface area contributed by atoms with Crippen molar-refractivity contribution >= 4 is 37.7 Å².